The number of hydrogen-bond donors (Lipinski definition) is 0. The van der Waals surface area contributed by atoms with Gasteiger partial charge in [-0.15, -0.1) is 0 Å². The molecule has 14 aromatic rings. The molecule has 0 bridgehead atoms. The van der Waals surface area contributed by atoms with E-state index in [1.807, 2.05) is 182 Å². The maximum absolute atomic E-state index is 12.7. The highest BCUT2D eigenvalue weighted by atomic mass is 79.9. The molecule has 0 aliphatic carbocycles. The van der Waals surface area contributed by atoms with E-state index in [9.17, 15) is 19.2 Å². The van der Waals surface area contributed by atoms with Crippen LogP contribution in [0.2, 0.25) is 0 Å². The first-order chi connectivity index (χ1) is 47.3. The van der Waals surface area contributed by atoms with Crippen molar-refractivity contribution < 1.29 is 19.2 Å². The fourth-order valence-corrected chi connectivity index (χ4v) is 10.7. The molecule has 0 saturated heterocycles. The van der Waals surface area contributed by atoms with E-state index in [1.54, 1.807) is 30.3 Å². The third-order valence-electron chi connectivity index (χ3n) is 15.5. The van der Waals surface area contributed by atoms with Gasteiger partial charge in [0.2, 0.25) is 11.6 Å². The van der Waals surface area contributed by atoms with Crippen LogP contribution in [0.15, 0.2) is 382 Å². The van der Waals surface area contributed by atoms with E-state index in [0.717, 1.165) is 62.4 Å². The van der Waals surface area contributed by atoms with Crippen LogP contribution in [0.5, 0.6) is 0 Å². The molecule has 96 heavy (non-hydrogen) atoms. The van der Waals surface area contributed by atoms with Crippen molar-refractivity contribution in [2.45, 2.75) is 5.33 Å². The second-order valence-corrected chi connectivity index (χ2v) is 22.7. The average molecular weight is 1300 g/mol. The van der Waals surface area contributed by atoms with Crippen molar-refractivity contribution in [2.24, 2.45) is 0 Å². The van der Waals surface area contributed by atoms with Crippen LogP contribution in [0.25, 0.3) is 77.9 Å². The fraction of sp³-hybridized carbons (Fsp3) is 0.0110. The standard InChI is InChI=1S/C26H18O2.C26H18.C13H11Br.2C13H10O/c27-25(22-16-14-21(15-17-22)19-8-3-1-4-9-19)26(28)24-13-7-12-23(18-24)20-10-5-2-6-11-20;1-3-9-23(10-4-1)25-18-16-21(17-19-25)14-15-22-8-7-13-26(20-22)24-11-5-2-6-12-24;14-10-11-5-4-8-13(9-11)12-6-2-1-3-7-12;2*14-10-11-6-8-13(9-7-11)12-4-2-1-3-5-12/h1-18H;1-13,16-20H;1-9H,10H2;2*1-10H. The van der Waals surface area contributed by atoms with Crippen LogP contribution in [0.1, 0.15) is 58.1 Å². The molecule has 0 spiro atoms. The molecule has 0 heterocycles. The molecule has 0 atom stereocenters. The summed E-state index contributed by atoms with van der Waals surface area (Å²) in [5.74, 6) is 5.56. The topological polar surface area (TPSA) is 68.3 Å². The first kappa shape index (κ1) is 66.7. The van der Waals surface area contributed by atoms with Crippen molar-refractivity contribution in [2.75, 3.05) is 0 Å². The number of halogens is 1. The third kappa shape index (κ3) is 19.7. The minimum absolute atomic E-state index is 0.398. The van der Waals surface area contributed by atoms with E-state index >= 15 is 0 Å². The highest BCUT2D eigenvalue weighted by Gasteiger charge is 2.19. The van der Waals surface area contributed by atoms with Gasteiger partial charge >= 0.3 is 0 Å². The van der Waals surface area contributed by atoms with Gasteiger partial charge in [0.15, 0.2) is 0 Å². The molecule has 0 radical (unpaired) electrons. The highest BCUT2D eigenvalue weighted by Crippen LogP contribution is 2.27. The molecule has 5 heteroatoms. The quantitative estimate of drug-likeness (QED) is 0.0379. The smallest absolute Gasteiger partial charge is 0.233 e. The lowest BCUT2D eigenvalue weighted by atomic mass is 9.96. The Morgan fingerprint density at radius 2 is 0.510 bits per heavy atom. The number of rotatable bonds is 13. The number of benzene rings is 14. The predicted molar refractivity (Wildman–Crippen MR) is 401 cm³/mol. The van der Waals surface area contributed by atoms with Crippen LogP contribution in [-0.4, -0.2) is 24.1 Å². The van der Waals surface area contributed by atoms with Crippen LogP contribution >= 0.6 is 15.9 Å². The monoisotopic (exact) mass is 1300 g/mol. The molecule has 0 saturated carbocycles. The van der Waals surface area contributed by atoms with Gasteiger partial charge in [-0.3, -0.25) is 19.2 Å². The summed E-state index contributed by atoms with van der Waals surface area (Å²) in [5, 5.41) is 0.910. The fourth-order valence-electron chi connectivity index (χ4n) is 10.3. The molecular weight excluding hydrogens is 1240 g/mol. The lowest BCUT2D eigenvalue weighted by Gasteiger charge is -2.06. The third-order valence-corrected chi connectivity index (χ3v) is 16.1. The van der Waals surface area contributed by atoms with E-state index in [4.69, 9.17) is 0 Å². The van der Waals surface area contributed by atoms with E-state index in [0.29, 0.717) is 22.3 Å². The summed E-state index contributed by atoms with van der Waals surface area (Å²) in [6.07, 6.45) is 1.71. The number of hydrogen-bond acceptors (Lipinski definition) is 4. The van der Waals surface area contributed by atoms with Crippen molar-refractivity contribution in [1.29, 1.82) is 0 Å². The molecule has 14 aromatic carbocycles. The molecule has 462 valence electrons. The van der Waals surface area contributed by atoms with E-state index in [1.165, 1.54) is 50.1 Å². The Hall–Kier alpha value is -12.2. The minimum atomic E-state index is -0.496. The summed E-state index contributed by atoms with van der Waals surface area (Å²) in [6, 6.07) is 126. The zero-order valence-electron chi connectivity index (χ0n) is 52.7. The number of ketones is 2. The average Bonchev–Trinajstić information content (AvgIpc) is 1.27. The lowest BCUT2D eigenvalue weighted by Crippen LogP contribution is -2.14. The van der Waals surface area contributed by atoms with Gasteiger partial charge in [0.25, 0.3) is 0 Å². The van der Waals surface area contributed by atoms with Gasteiger partial charge in [-0.05, 0) is 114 Å². The summed E-state index contributed by atoms with van der Waals surface area (Å²) in [5.41, 5.74) is 21.6. The molecule has 0 unspecified atom stereocenters. The summed E-state index contributed by atoms with van der Waals surface area (Å²) < 4.78 is 0. The van der Waals surface area contributed by atoms with Crippen molar-refractivity contribution >= 4 is 40.1 Å². The van der Waals surface area contributed by atoms with Crippen LogP contribution in [0, 0.1) is 11.8 Å². The molecule has 0 aliphatic rings. The first-order valence-electron chi connectivity index (χ1n) is 31.5. The summed E-state index contributed by atoms with van der Waals surface area (Å²) in [6.45, 7) is 0. The lowest BCUT2D eigenvalue weighted by molar-refractivity contribution is 0.0817. The molecule has 0 fully saturated rings. The molecule has 4 nitrogen and oxygen atoms in total. The molecule has 0 N–H and O–H groups in total. The SMILES string of the molecule is BrCc1cccc(-c2ccccc2)c1.C(#Cc1cccc(-c2ccccc2)c1)c1ccc(-c2ccccc2)cc1.O=C(C(=O)c1cccc(-c2ccccc2)c1)c1ccc(-c2ccccc2)cc1.O=Cc1ccc(-c2ccccc2)cc1.O=Cc1ccc(-c2ccccc2)cc1. The molecule has 0 amide bonds. The maximum Gasteiger partial charge on any atom is 0.233 e. The molecule has 14 rings (SSSR count). The predicted octanol–water partition coefficient (Wildman–Crippen LogP) is 23.1. The maximum atomic E-state index is 12.7. The van der Waals surface area contributed by atoms with Crippen molar-refractivity contribution in [3.05, 3.63) is 421 Å². The Morgan fingerprint density at radius 3 is 0.875 bits per heavy atom. The Bertz CT molecular complexity index is 4700. The summed E-state index contributed by atoms with van der Waals surface area (Å²) in [7, 11) is 0. The zero-order chi connectivity index (χ0) is 66.4. The zero-order valence-corrected chi connectivity index (χ0v) is 54.3. The van der Waals surface area contributed by atoms with Crippen molar-refractivity contribution in [3.8, 4) is 89.7 Å². The largest absolute Gasteiger partial charge is 0.298 e. The number of Topliss-reactive ketones (excluding diaryl/α,β-unsaturated/α-hetero) is 2. The molecule has 0 aliphatic heterocycles. The van der Waals surface area contributed by atoms with Gasteiger partial charge in [0, 0.05) is 38.7 Å². The Balaban J connectivity index is 0.000000135. The van der Waals surface area contributed by atoms with Gasteiger partial charge in [-0.1, -0.05) is 380 Å². The van der Waals surface area contributed by atoms with Crippen LogP contribution in [0.4, 0.5) is 0 Å². The van der Waals surface area contributed by atoms with Crippen molar-refractivity contribution in [1.82, 2.24) is 0 Å². The Morgan fingerprint density at radius 1 is 0.240 bits per heavy atom. The number of carbonyl (C=O) groups excluding carboxylic acids is 4. The second kappa shape index (κ2) is 35.6. The second-order valence-electron chi connectivity index (χ2n) is 22.1. The summed E-state index contributed by atoms with van der Waals surface area (Å²) >= 11 is 3.46. The van der Waals surface area contributed by atoms with Gasteiger partial charge in [0.05, 0.1) is 0 Å². The first-order valence-corrected chi connectivity index (χ1v) is 32.6. The van der Waals surface area contributed by atoms with Gasteiger partial charge in [-0.2, -0.15) is 0 Å². The van der Waals surface area contributed by atoms with E-state index in [2.05, 4.69) is 198 Å². The van der Waals surface area contributed by atoms with Crippen molar-refractivity contribution in [3.63, 3.8) is 0 Å². The summed E-state index contributed by atoms with van der Waals surface area (Å²) in [4.78, 5) is 46.3. The Labute approximate surface area is 571 Å². The normalized spacial score (nSPS) is 10.1. The number of carbonyl (C=O) groups is 4. The van der Waals surface area contributed by atoms with Crippen LogP contribution in [0.3, 0.4) is 0 Å². The minimum Gasteiger partial charge on any atom is -0.298 e. The number of aldehydes is 2. The van der Waals surface area contributed by atoms with E-state index in [-0.39, 0.29) is 0 Å². The number of alkyl halides is 1. The van der Waals surface area contributed by atoms with Gasteiger partial charge < -0.3 is 0 Å². The highest BCUT2D eigenvalue weighted by molar-refractivity contribution is 9.08. The van der Waals surface area contributed by atoms with E-state index < -0.39 is 11.6 Å². The molecular formula is C91H67BrO4. The van der Waals surface area contributed by atoms with Gasteiger partial charge in [-0.25, -0.2) is 0 Å². The molecule has 0 aromatic heterocycles. The Kier molecular flexibility index (Phi) is 24.7. The van der Waals surface area contributed by atoms with Crippen LogP contribution < -0.4 is 0 Å². The van der Waals surface area contributed by atoms with Crippen LogP contribution in [-0.2, 0) is 5.33 Å². The van der Waals surface area contributed by atoms with Gasteiger partial charge in [0.1, 0.15) is 12.6 Å².